The van der Waals surface area contributed by atoms with Crippen LogP contribution in [-0.4, -0.2) is 18.9 Å². The molecule has 0 unspecified atom stereocenters. The Balaban J connectivity index is 0.000000311. The molecule has 0 spiro atoms. The van der Waals surface area contributed by atoms with Crippen LogP contribution in [0.2, 0.25) is 5.02 Å². The number of alkyl halides is 6. The van der Waals surface area contributed by atoms with E-state index in [-0.39, 0.29) is 6.07 Å². The van der Waals surface area contributed by atoms with Gasteiger partial charge in [-0.2, -0.15) is 34.8 Å². The minimum atomic E-state index is -5.08. The Labute approximate surface area is 171 Å². The maximum absolute atomic E-state index is 12.4. The standard InChI is InChI=1S/C9H5F6NO.C8H7ClO3S/c10-8(11,12)4-1-2-5(7(16)17)6(3-4)9(13,14)15;9-8-3-1-7(2-4-8)5-6-13(10,11)12/h1-3H,(H2,16,17);1-6H,(H,10,11,12)/b;6-5+. The molecule has 1 amide bonds. The second-order valence-electron chi connectivity index (χ2n) is 5.49. The third-order valence-electron chi connectivity index (χ3n) is 3.22. The van der Waals surface area contributed by atoms with Crippen molar-refractivity contribution >= 4 is 33.7 Å². The van der Waals surface area contributed by atoms with Crippen molar-refractivity contribution in [3.8, 4) is 0 Å². The summed E-state index contributed by atoms with van der Waals surface area (Å²) in [5, 5.41) is 1.29. The molecule has 0 fully saturated rings. The third-order valence-corrected chi connectivity index (χ3v) is 3.95. The summed E-state index contributed by atoms with van der Waals surface area (Å²) in [6.07, 6.45) is -8.71. The fraction of sp³-hybridized carbons (Fsp3) is 0.118. The first kappa shape index (κ1) is 25.5. The number of amides is 1. The molecule has 13 heteroatoms. The molecule has 2 rings (SSSR count). The molecule has 30 heavy (non-hydrogen) atoms. The number of hydrogen-bond acceptors (Lipinski definition) is 3. The fourth-order valence-electron chi connectivity index (χ4n) is 1.91. The van der Waals surface area contributed by atoms with Crippen molar-refractivity contribution in [2.24, 2.45) is 5.73 Å². The van der Waals surface area contributed by atoms with E-state index in [4.69, 9.17) is 16.2 Å². The summed E-state index contributed by atoms with van der Waals surface area (Å²) >= 11 is 5.61. The van der Waals surface area contributed by atoms with E-state index in [0.717, 1.165) is 5.41 Å². The van der Waals surface area contributed by atoms with Gasteiger partial charge in [-0.1, -0.05) is 23.7 Å². The highest BCUT2D eigenvalue weighted by molar-refractivity contribution is 7.88. The van der Waals surface area contributed by atoms with Crippen LogP contribution < -0.4 is 5.73 Å². The molecule has 5 nitrogen and oxygen atoms in total. The predicted octanol–water partition coefficient (Wildman–Crippen LogP) is 5.02. The Bertz CT molecular complexity index is 1030. The Hall–Kier alpha value is -2.57. The number of nitrogens with two attached hydrogens (primary N) is 1. The van der Waals surface area contributed by atoms with Gasteiger partial charge in [0.2, 0.25) is 5.91 Å². The van der Waals surface area contributed by atoms with Crippen LogP contribution in [0.5, 0.6) is 0 Å². The van der Waals surface area contributed by atoms with Gasteiger partial charge in [0.15, 0.2) is 0 Å². The van der Waals surface area contributed by atoms with Gasteiger partial charge in [0.1, 0.15) is 0 Å². The molecular weight excluding hydrogens is 464 g/mol. The van der Waals surface area contributed by atoms with Gasteiger partial charge >= 0.3 is 12.4 Å². The Kier molecular flexibility index (Phi) is 8.06. The van der Waals surface area contributed by atoms with Gasteiger partial charge in [0.25, 0.3) is 10.1 Å². The van der Waals surface area contributed by atoms with E-state index in [1.54, 1.807) is 24.3 Å². The average Bonchev–Trinajstić information content (AvgIpc) is 2.59. The number of hydrogen-bond donors (Lipinski definition) is 2. The highest BCUT2D eigenvalue weighted by Crippen LogP contribution is 2.37. The van der Waals surface area contributed by atoms with Crippen LogP contribution in [0, 0.1) is 0 Å². The van der Waals surface area contributed by atoms with Crippen molar-refractivity contribution in [2.75, 3.05) is 0 Å². The van der Waals surface area contributed by atoms with Gasteiger partial charge in [-0.05, 0) is 42.0 Å². The molecule has 2 aromatic rings. The quantitative estimate of drug-likeness (QED) is 0.481. The Morgan fingerprint density at radius 3 is 1.90 bits per heavy atom. The molecule has 0 aromatic heterocycles. The van der Waals surface area contributed by atoms with Crippen LogP contribution in [0.3, 0.4) is 0 Å². The highest BCUT2D eigenvalue weighted by Gasteiger charge is 2.39. The fourth-order valence-corrected chi connectivity index (χ4v) is 2.36. The van der Waals surface area contributed by atoms with Crippen LogP contribution in [0.4, 0.5) is 26.3 Å². The first-order valence-corrected chi connectivity index (χ1v) is 9.38. The van der Waals surface area contributed by atoms with Crippen molar-refractivity contribution in [1.82, 2.24) is 0 Å². The van der Waals surface area contributed by atoms with E-state index in [9.17, 15) is 39.6 Å². The number of carbonyl (C=O) groups excluding carboxylic acids is 1. The number of primary amides is 1. The summed E-state index contributed by atoms with van der Waals surface area (Å²) < 4.78 is 103. The van der Waals surface area contributed by atoms with Crippen molar-refractivity contribution < 1.29 is 44.1 Å². The van der Waals surface area contributed by atoms with Gasteiger partial charge in [0, 0.05) is 5.02 Å². The normalized spacial score (nSPS) is 12.4. The van der Waals surface area contributed by atoms with Gasteiger partial charge in [0.05, 0.1) is 22.1 Å². The molecule has 0 saturated carbocycles. The Morgan fingerprint density at radius 2 is 1.50 bits per heavy atom. The largest absolute Gasteiger partial charge is 0.417 e. The molecule has 0 radical (unpaired) electrons. The first-order valence-electron chi connectivity index (χ1n) is 7.50. The zero-order chi connectivity index (χ0) is 23.3. The van der Waals surface area contributed by atoms with Crippen LogP contribution in [0.25, 0.3) is 6.08 Å². The molecule has 0 aliphatic heterocycles. The molecule has 2 aromatic carbocycles. The lowest BCUT2D eigenvalue weighted by Gasteiger charge is -2.14. The van der Waals surface area contributed by atoms with E-state index in [1.807, 2.05) is 0 Å². The zero-order valence-corrected chi connectivity index (χ0v) is 16.1. The summed E-state index contributed by atoms with van der Waals surface area (Å²) in [6, 6.07) is 7.19. The summed E-state index contributed by atoms with van der Waals surface area (Å²) in [7, 11) is -4.05. The smallest absolute Gasteiger partial charge is 0.366 e. The molecule has 0 heterocycles. The van der Waals surface area contributed by atoms with Crippen molar-refractivity contribution in [1.29, 1.82) is 0 Å². The number of rotatable bonds is 3. The lowest BCUT2D eigenvalue weighted by atomic mass is 10.0. The molecular formula is C17H12ClF6NO4S. The van der Waals surface area contributed by atoms with E-state index in [1.165, 1.54) is 6.08 Å². The monoisotopic (exact) mass is 475 g/mol. The third kappa shape index (κ3) is 8.43. The maximum atomic E-state index is 12.4. The van der Waals surface area contributed by atoms with Crippen LogP contribution in [0.1, 0.15) is 27.0 Å². The SMILES string of the molecule is NC(=O)c1ccc(C(F)(F)F)cc1C(F)(F)F.O=S(=O)(O)/C=C/c1ccc(Cl)cc1. The number of benzene rings is 2. The summed E-state index contributed by atoms with van der Waals surface area (Å²) in [5.74, 6) is -1.44. The Morgan fingerprint density at radius 1 is 0.967 bits per heavy atom. The van der Waals surface area contributed by atoms with E-state index in [0.29, 0.717) is 22.7 Å². The van der Waals surface area contributed by atoms with Crippen LogP contribution >= 0.6 is 11.6 Å². The summed E-state index contributed by atoms with van der Waals surface area (Å²) in [6.45, 7) is 0. The first-order chi connectivity index (χ1) is 13.5. The lowest BCUT2D eigenvalue weighted by Crippen LogP contribution is -2.20. The summed E-state index contributed by atoms with van der Waals surface area (Å²) in [5.41, 5.74) is 1.12. The van der Waals surface area contributed by atoms with Crippen LogP contribution in [0.15, 0.2) is 47.9 Å². The molecule has 0 atom stereocenters. The molecule has 0 aliphatic carbocycles. The van der Waals surface area contributed by atoms with Gasteiger partial charge in [-0.25, -0.2) is 0 Å². The van der Waals surface area contributed by atoms with E-state index in [2.05, 4.69) is 5.73 Å². The van der Waals surface area contributed by atoms with Gasteiger partial charge in [-0.15, -0.1) is 0 Å². The number of carbonyl (C=O) groups is 1. The topological polar surface area (TPSA) is 97.5 Å². The average molecular weight is 476 g/mol. The van der Waals surface area contributed by atoms with E-state index < -0.39 is 45.1 Å². The van der Waals surface area contributed by atoms with Gasteiger partial charge in [-0.3, -0.25) is 9.35 Å². The molecule has 0 bridgehead atoms. The summed E-state index contributed by atoms with van der Waals surface area (Å²) in [4.78, 5) is 10.7. The molecule has 164 valence electrons. The second-order valence-corrected chi connectivity index (χ2v) is 7.23. The van der Waals surface area contributed by atoms with Crippen molar-refractivity contribution in [2.45, 2.75) is 12.4 Å². The predicted molar refractivity (Wildman–Crippen MR) is 97.0 cm³/mol. The van der Waals surface area contributed by atoms with Gasteiger partial charge < -0.3 is 5.73 Å². The van der Waals surface area contributed by atoms with E-state index >= 15 is 0 Å². The molecule has 0 aliphatic rings. The maximum Gasteiger partial charge on any atom is 0.417 e. The minimum absolute atomic E-state index is 0.139. The zero-order valence-electron chi connectivity index (χ0n) is 14.5. The molecule has 0 saturated heterocycles. The number of halogens is 7. The second kappa shape index (κ2) is 9.49. The van der Waals surface area contributed by atoms with Crippen LogP contribution in [-0.2, 0) is 22.5 Å². The highest BCUT2D eigenvalue weighted by atomic mass is 35.5. The lowest BCUT2D eigenvalue weighted by molar-refractivity contribution is -0.143. The van der Waals surface area contributed by atoms with Crippen molar-refractivity contribution in [3.05, 3.63) is 75.1 Å². The minimum Gasteiger partial charge on any atom is -0.366 e. The van der Waals surface area contributed by atoms with Crippen molar-refractivity contribution in [3.63, 3.8) is 0 Å². The molecule has 3 N–H and O–H groups in total.